The Morgan fingerprint density at radius 2 is 2.19 bits per heavy atom. The molecule has 1 spiro atoms. The Labute approximate surface area is 192 Å². The molecule has 7 atom stereocenters. The first-order valence-corrected chi connectivity index (χ1v) is 12.0. The molecule has 1 N–H and O–H groups in total. The van der Waals surface area contributed by atoms with E-state index in [1.54, 1.807) is 17.9 Å². The minimum Gasteiger partial charge on any atom is -0.466 e. The fraction of sp³-hybridized carbons (Fsp3) is 0.773. The summed E-state index contributed by atoms with van der Waals surface area (Å²) in [6.07, 6.45) is 3.31. The second-order valence-corrected chi connectivity index (χ2v) is 9.76. The summed E-state index contributed by atoms with van der Waals surface area (Å²) in [6, 6.07) is -0.947. The maximum absolute atomic E-state index is 13.9. The van der Waals surface area contributed by atoms with Gasteiger partial charge in [0.1, 0.15) is 11.6 Å². The highest BCUT2D eigenvalue weighted by Crippen LogP contribution is 2.60. The number of alkyl halides is 1. The summed E-state index contributed by atoms with van der Waals surface area (Å²) in [7, 11) is 0. The molecule has 0 saturated carbocycles. The standard InChI is InChI=1S/C22H33BrN2O6/c1-5-8-13(4)24(9-6-2)20(28)18-22-12-14(23)17(31-22)15(21(29)30-7-3)16(22)19(27)25(18)10-11-26/h6,13-18,26H,2,5,7-12H2,1,3-4H3/t13?,14?,15-,16+,17-,18-,22+/m0/s1. The van der Waals surface area contributed by atoms with Gasteiger partial charge in [-0.1, -0.05) is 35.4 Å². The number of fused-ring (bicyclic) bond motifs is 1. The lowest BCUT2D eigenvalue weighted by atomic mass is 9.70. The number of esters is 1. The number of halogens is 1. The van der Waals surface area contributed by atoms with Gasteiger partial charge in [-0.25, -0.2) is 0 Å². The van der Waals surface area contributed by atoms with Crippen LogP contribution in [0.1, 0.15) is 40.0 Å². The monoisotopic (exact) mass is 500 g/mol. The Kier molecular flexibility index (Phi) is 7.48. The topological polar surface area (TPSA) is 96.4 Å². The van der Waals surface area contributed by atoms with Crippen LogP contribution in [0, 0.1) is 11.8 Å². The predicted molar refractivity (Wildman–Crippen MR) is 117 cm³/mol. The lowest BCUT2D eigenvalue weighted by Crippen LogP contribution is -2.58. The van der Waals surface area contributed by atoms with E-state index in [9.17, 15) is 19.5 Å². The van der Waals surface area contributed by atoms with Gasteiger partial charge in [0.2, 0.25) is 11.8 Å². The molecule has 3 rings (SSSR count). The first kappa shape index (κ1) is 24.2. The second kappa shape index (κ2) is 9.58. The van der Waals surface area contributed by atoms with Gasteiger partial charge in [-0.15, -0.1) is 6.58 Å². The zero-order valence-electron chi connectivity index (χ0n) is 18.5. The van der Waals surface area contributed by atoms with Crippen LogP contribution in [0.4, 0.5) is 0 Å². The predicted octanol–water partition coefficient (Wildman–Crippen LogP) is 1.49. The second-order valence-electron chi connectivity index (χ2n) is 8.59. The van der Waals surface area contributed by atoms with E-state index >= 15 is 0 Å². The number of aliphatic hydroxyl groups is 1. The van der Waals surface area contributed by atoms with E-state index in [-0.39, 0.29) is 42.4 Å². The van der Waals surface area contributed by atoms with Crippen molar-refractivity contribution in [2.24, 2.45) is 11.8 Å². The molecular weight excluding hydrogens is 468 g/mol. The molecule has 3 saturated heterocycles. The Morgan fingerprint density at radius 1 is 1.48 bits per heavy atom. The van der Waals surface area contributed by atoms with Crippen molar-refractivity contribution in [2.45, 2.75) is 68.6 Å². The molecule has 31 heavy (non-hydrogen) atoms. The largest absolute Gasteiger partial charge is 0.466 e. The molecule has 3 fully saturated rings. The summed E-state index contributed by atoms with van der Waals surface area (Å²) in [5, 5.41) is 9.64. The van der Waals surface area contributed by atoms with Crippen LogP contribution in [-0.2, 0) is 23.9 Å². The number of hydrogen-bond acceptors (Lipinski definition) is 6. The van der Waals surface area contributed by atoms with Gasteiger partial charge in [-0.2, -0.15) is 0 Å². The maximum atomic E-state index is 13.9. The quantitative estimate of drug-likeness (QED) is 0.277. The van der Waals surface area contributed by atoms with E-state index < -0.39 is 35.6 Å². The number of carbonyl (C=O) groups is 3. The molecule has 3 aliphatic rings. The number of carbonyl (C=O) groups excluding carboxylic acids is 3. The zero-order chi connectivity index (χ0) is 22.9. The number of likely N-dealkylation sites (tertiary alicyclic amines) is 1. The smallest absolute Gasteiger partial charge is 0.312 e. The lowest BCUT2D eigenvalue weighted by molar-refractivity contribution is -0.155. The van der Waals surface area contributed by atoms with E-state index in [1.165, 1.54) is 4.90 Å². The molecule has 8 nitrogen and oxygen atoms in total. The van der Waals surface area contributed by atoms with Gasteiger partial charge >= 0.3 is 5.97 Å². The summed E-state index contributed by atoms with van der Waals surface area (Å²) in [5.41, 5.74) is -1.12. The highest BCUT2D eigenvalue weighted by atomic mass is 79.9. The van der Waals surface area contributed by atoms with Crippen LogP contribution >= 0.6 is 15.9 Å². The van der Waals surface area contributed by atoms with Crippen molar-refractivity contribution >= 4 is 33.7 Å². The molecule has 0 aromatic carbocycles. The Hall–Kier alpha value is -1.45. The van der Waals surface area contributed by atoms with Crippen molar-refractivity contribution in [3.8, 4) is 0 Å². The highest BCUT2D eigenvalue weighted by Gasteiger charge is 2.77. The lowest BCUT2D eigenvalue weighted by Gasteiger charge is -2.39. The van der Waals surface area contributed by atoms with Crippen LogP contribution in [0.3, 0.4) is 0 Å². The van der Waals surface area contributed by atoms with Crippen LogP contribution in [0.2, 0.25) is 0 Å². The van der Waals surface area contributed by atoms with Gasteiger partial charge in [0.25, 0.3) is 0 Å². The molecular formula is C22H33BrN2O6. The summed E-state index contributed by atoms with van der Waals surface area (Å²) in [4.78, 5) is 43.2. The number of hydrogen-bond donors (Lipinski definition) is 1. The van der Waals surface area contributed by atoms with E-state index in [2.05, 4.69) is 29.4 Å². The minimum atomic E-state index is -1.12. The number of aliphatic hydroxyl groups excluding tert-OH is 1. The van der Waals surface area contributed by atoms with Crippen LogP contribution in [0.25, 0.3) is 0 Å². The van der Waals surface area contributed by atoms with E-state index in [1.807, 2.05) is 6.92 Å². The maximum Gasteiger partial charge on any atom is 0.312 e. The SMILES string of the molecule is C=CCN(C(=O)[C@@H]1N(CCO)C(=O)[C@H]2[C@H](C(=O)OCC)[C@H]3O[C@@]12CC3Br)C(C)CCC. The first-order chi connectivity index (χ1) is 14.8. The minimum absolute atomic E-state index is 0.00804. The molecule has 0 aliphatic carbocycles. The van der Waals surface area contributed by atoms with E-state index in [0.717, 1.165) is 12.8 Å². The van der Waals surface area contributed by atoms with E-state index in [0.29, 0.717) is 13.0 Å². The van der Waals surface area contributed by atoms with Gasteiger partial charge in [0, 0.05) is 24.0 Å². The third-order valence-electron chi connectivity index (χ3n) is 6.77. The number of ether oxygens (including phenoxy) is 2. The summed E-state index contributed by atoms with van der Waals surface area (Å²) in [6.45, 7) is 9.82. The molecule has 0 radical (unpaired) electrons. The molecule has 3 heterocycles. The number of amides is 2. The molecule has 0 aromatic heterocycles. The zero-order valence-corrected chi connectivity index (χ0v) is 20.0. The van der Waals surface area contributed by atoms with Crippen molar-refractivity contribution < 1.29 is 29.0 Å². The van der Waals surface area contributed by atoms with Crippen molar-refractivity contribution in [3.63, 3.8) is 0 Å². The molecule has 174 valence electrons. The fourth-order valence-electron chi connectivity index (χ4n) is 5.62. The number of nitrogens with zero attached hydrogens (tertiary/aromatic N) is 2. The van der Waals surface area contributed by atoms with Gasteiger partial charge < -0.3 is 24.4 Å². The summed E-state index contributed by atoms with van der Waals surface area (Å²) >= 11 is 3.61. The van der Waals surface area contributed by atoms with Crippen LogP contribution < -0.4 is 0 Å². The molecule has 2 amide bonds. The van der Waals surface area contributed by atoms with Crippen LogP contribution in [-0.4, -0.2) is 87.6 Å². The third-order valence-corrected chi connectivity index (χ3v) is 7.61. The number of β-amino-alcohol motifs (C(OH)–C–C–N with tert-alkyl or cyclic N) is 1. The molecule has 9 heteroatoms. The van der Waals surface area contributed by atoms with Gasteiger partial charge in [-0.05, 0) is 26.7 Å². The summed E-state index contributed by atoms with van der Waals surface area (Å²) < 4.78 is 11.6. The van der Waals surface area contributed by atoms with Crippen LogP contribution in [0.5, 0.6) is 0 Å². The normalized spacial score (nSPS) is 34.5. The average Bonchev–Trinajstić information content (AvgIpc) is 3.30. The molecule has 3 aliphatic heterocycles. The van der Waals surface area contributed by atoms with Crippen molar-refractivity contribution in [2.75, 3.05) is 26.3 Å². The molecule has 2 unspecified atom stereocenters. The van der Waals surface area contributed by atoms with Crippen molar-refractivity contribution in [1.82, 2.24) is 9.80 Å². The van der Waals surface area contributed by atoms with Crippen molar-refractivity contribution in [1.29, 1.82) is 0 Å². The fourth-order valence-corrected chi connectivity index (χ4v) is 6.56. The van der Waals surface area contributed by atoms with Gasteiger partial charge in [0.15, 0.2) is 0 Å². The first-order valence-electron chi connectivity index (χ1n) is 11.1. The van der Waals surface area contributed by atoms with Gasteiger partial charge in [-0.3, -0.25) is 14.4 Å². The van der Waals surface area contributed by atoms with Crippen molar-refractivity contribution in [3.05, 3.63) is 12.7 Å². The molecule has 2 bridgehead atoms. The van der Waals surface area contributed by atoms with E-state index in [4.69, 9.17) is 9.47 Å². The van der Waals surface area contributed by atoms with Gasteiger partial charge in [0.05, 0.1) is 31.2 Å². The Bertz CT molecular complexity index is 733. The molecule has 0 aromatic rings. The van der Waals surface area contributed by atoms with Crippen LogP contribution in [0.15, 0.2) is 12.7 Å². The Morgan fingerprint density at radius 3 is 2.77 bits per heavy atom. The third kappa shape index (κ3) is 3.82. The average molecular weight is 501 g/mol. The summed E-state index contributed by atoms with van der Waals surface area (Å²) in [5.74, 6) is -2.59. The Balaban J connectivity index is 2.04. The highest BCUT2D eigenvalue weighted by molar-refractivity contribution is 9.09. The number of rotatable bonds is 10.